The summed E-state index contributed by atoms with van der Waals surface area (Å²) < 4.78 is 29.5. The van der Waals surface area contributed by atoms with Crippen molar-refractivity contribution in [1.82, 2.24) is 4.98 Å². The van der Waals surface area contributed by atoms with Crippen molar-refractivity contribution in [3.63, 3.8) is 0 Å². The van der Waals surface area contributed by atoms with E-state index in [0.29, 0.717) is 5.56 Å². The van der Waals surface area contributed by atoms with Crippen LogP contribution in [0.2, 0.25) is 0 Å². The van der Waals surface area contributed by atoms with Crippen LogP contribution in [-0.2, 0) is 5.88 Å². The summed E-state index contributed by atoms with van der Waals surface area (Å²) in [6, 6.07) is 1.19. The van der Waals surface area contributed by atoms with Gasteiger partial charge < -0.3 is 10.5 Å². The lowest BCUT2D eigenvalue weighted by atomic mass is 10.2. The highest BCUT2D eigenvalue weighted by Crippen LogP contribution is 2.30. The number of nitrogens with zero attached hydrogens (tertiary/aromatic N) is 1. The number of hydrogen-bond acceptors (Lipinski definition) is 3. The van der Waals surface area contributed by atoms with E-state index in [1.807, 2.05) is 0 Å². The highest BCUT2D eigenvalue weighted by molar-refractivity contribution is 6.17. The molecule has 2 N–H and O–H groups in total. The Balaban J connectivity index is 3.24. The zero-order valence-corrected chi connectivity index (χ0v) is 8.18. The van der Waals surface area contributed by atoms with E-state index in [1.165, 1.54) is 13.2 Å². The standard InChI is InChI=1S/C8H9ClF2N2O/c1-14-6-4(3-9)2-5(7(10)11)13-8(6)12/h2,7H,3H2,1H3,(H2,12,13). The van der Waals surface area contributed by atoms with Gasteiger partial charge in [0.2, 0.25) is 0 Å². The number of nitrogens with two attached hydrogens (primary N) is 1. The summed E-state index contributed by atoms with van der Waals surface area (Å²) in [6.07, 6.45) is -2.66. The third kappa shape index (κ3) is 2.04. The van der Waals surface area contributed by atoms with Crippen molar-refractivity contribution in [3.8, 4) is 5.75 Å². The van der Waals surface area contributed by atoms with E-state index in [0.717, 1.165) is 0 Å². The Kier molecular flexibility index (Phi) is 3.46. The number of alkyl halides is 3. The normalized spacial score (nSPS) is 10.6. The Labute approximate surface area is 84.8 Å². The van der Waals surface area contributed by atoms with E-state index in [9.17, 15) is 8.78 Å². The summed E-state index contributed by atoms with van der Waals surface area (Å²) in [6.45, 7) is 0. The predicted molar refractivity (Wildman–Crippen MR) is 49.7 cm³/mol. The van der Waals surface area contributed by atoms with Crippen molar-refractivity contribution < 1.29 is 13.5 Å². The van der Waals surface area contributed by atoms with E-state index >= 15 is 0 Å². The lowest BCUT2D eigenvalue weighted by molar-refractivity contribution is 0.146. The lowest BCUT2D eigenvalue weighted by Crippen LogP contribution is -2.03. The first kappa shape index (κ1) is 11.0. The maximum absolute atomic E-state index is 12.3. The largest absolute Gasteiger partial charge is 0.493 e. The van der Waals surface area contributed by atoms with Gasteiger partial charge in [-0.15, -0.1) is 11.6 Å². The molecule has 0 saturated heterocycles. The van der Waals surface area contributed by atoms with E-state index in [-0.39, 0.29) is 23.1 Å². The van der Waals surface area contributed by atoms with Crippen LogP contribution in [0.1, 0.15) is 17.7 Å². The van der Waals surface area contributed by atoms with Crippen LogP contribution in [0.4, 0.5) is 14.6 Å². The molecular weight excluding hydrogens is 214 g/mol. The van der Waals surface area contributed by atoms with Crippen LogP contribution < -0.4 is 10.5 Å². The molecule has 0 bridgehead atoms. The van der Waals surface area contributed by atoms with Crippen LogP contribution in [0.15, 0.2) is 6.07 Å². The molecule has 78 valence electrons. The molecule has 0 aliphatic carbocycles. The topological polar surface area (TPSA) is 48.1 Å². The van der Waals surface area contributed by atoms with E-state index in [1.54, 1.807) is 0 Å². The zero-order chi connectivity index (χ0) is 10.7. The maximum atomic E-state index is 12.3. The first-order valence-electron chi connectivity index (χ1n) is 3.77. The molecule has 0 atom stereocenters. The van der Waals surface area contributed by atoms with Crippen LogP contribution >= 0.6 is 11.6 Å². The number of methoxy groups -OCH3 is 1. The van der Waals surface area contributed by atoms with Crippen LogP contribution in [0.3, 0.4) is 0 Å². The molecule has 1 rings (SSSR count). The number of aromatic nitrogens is 1. The number of halogens is 3. The van der Waals surface area contributed by atoms with Crippen LogP contribution in [0.5, 0.6) is 5.75 Å². The minimum Gasteiger partial charge on any atom is -0.493 e. The van der Waals surface area contributed by atoms with E-state index in [2.05, 4.69) is 4.98 Å². The second-order valence-corrected chi connectivity index (χ2v) is 2.83. The monoisotopic (exact) mass is 222 g/mol. The van der Waals surface area contributed by atoms with Gasteiger partial charge in [0.1, 0.15) is 5.69 Å². The third-order valence-electron chi connectivity index (χ3n) is 1.67. The molecule has 0 aliphatic rings. The number of pyridine rings is 1. The summed E-state index contributed by atoms with van der Waals surface area (Å²) in [4.78, 5) is 3.50. The van der Waals surface area contributed by atoms with Crippen molar-refractivity contribution in [2.75, 3.05) is 12.8 Å². The highest BCUT2D eigenvalue weighted by atomic mass is 35.5. The number of rotatable bonds is 3. The molecule has 1 aromatic heterocycles. The van der Waals surface area contributed by atoms with Crippen LogP contribution in [0, 0.1) is 0 Å². The molecule has 0 aliphatic heterocycles. The van der Waals surface area contributed by atoms with Crippen molar-refractivity contribution in [3.05, 3.63) is 17.3 Å². The summed E-state index contributed by atoms with van der Waals surface area (Å²) in [5.41, 5.74) is 5.44. The van der Waals surface area contributed by atoms with Crippen molar-refractivity contribution in [1.29, 1.82) is 0 Å². The molecule has 6 heteroatoms. The number of ether oxygens (including phenoxy) is 1. The molecule has 0 fully saturated rings. The summed E-state index contributed by atoms with van der Waals surface area (Å²) in [5, 5.41) is 0. The Morgan fingerprint density at radius 2 is 2.29 bits per heavy atom. The highest BCUT2D eigenvalue weighted by Gasteiger charge is 2.15. The second-order valence-electron chi connectivity index (χ2n) is 2.56. The number of anilines is 1. The SMILES string of the molecule is COc1c(CCl)cc(C(F)F)nc1N. The molecule has 0 saturated carbocycles. The fraction of sp³-hybridized carbons (Fsp3) is 0.375. The molecule has 0 radical (unpaired) electrons. The van der Waals surface area contributed by atoms with Gasteiger partial charge in [-0.2, -0.15) is 0 Å². The number of nitrogen functional groups attached to an aromatic ring is 1. The molecule has 3 nitrogen and oxygen atoms in total. The Morgan fingerprint density at radius 3 is 2.71 bits per heavy atom. The minimum atomic E-state index is -2.66. The third-order valence-corrected chi connectivity index (χ3v) is 1.96. The molecule has 0 unspecified atom stereocenters. The van der Waals surface area contributed by atoms with Gasteiger partial charge in [-0.05, 0) is 6.07 Å². The number of hydrogen-bond donors (Lipinski definition) is 1. The maximum Gasteiger partial charge on any atom is 0.280 e. The average molecular weight is 223 g/mol. The molecule has 0 aromatic carbocycles. The first-order chi connectivity index (χ1) is 6.60. The Morgan fingerprint density at radius 1 is 1.64 bits per heavy atom. The Bertz CT molecular complexity index is 333. The summed E-state index contributed by atoms with van der Waals surface area (Å²) in [5.74, 6) is 0.237. The predicted octanol–water partition coefficient (Wildman–Crippen LogP) is 2.35. The van der Waals surface area contributed by atoms with Crippen LogP contribution in [0.25, 0.3) is 0 Å². The van der Waals surface area contributed by atoms with Gasteiger partial charge >= 0.3 is 0 Å². The smallest absolute Gasteiger partial charge is 0.280 e. The molecule has 0 amide bonds. The molecule has 1 aromatic rings. The Hall–Kier alpha value is -1.10. The van der Waals surface area contributed by atoms with Crippen molar-refractivity contribution in [2.24, 2.45) is 0 Å². The fourth-order valence-corrected chi connectivity index (χ4v) is 1.28. The quantitative estimate of drug-likeness (QED) is 0.799. The fourth-order valence-electron chi connectivity index (χ4n) is 1.08. The van der Waals surface area contributed by atoms with E-state index in [4.69, 9.17) is 22.1 Å². The van der Waals surface area contributed by atoms with Gasteiger partial charge in [0, 0.05) is 5.56 Å². The van der Waals surface area contributed by atoms with Crippen molar-refractivity contribution >= 4 is 17.4 Å². The second kappa shape index (κ2) is 4.41. The summed E-state index contributed by atoms with van der Waals surface area (Å²) in [7, 11) is 1.38. The molecular formula is C8H9ClF2N2O. The zero-order valence-electron chi connectivity index (χ0n) is 7.43. The van der Waals surface area contributed by atoms with Gasteiger partial charge in [-0.3, -0.25) is 0 Å². The minimum absolute atomic E-state index is 0.0512. The van der Waals surface area contributed by atoms with Crippen molar-refractivity contribution in [2.45, 2.75) is 12.3 Å². The summed E-state index contributed by atoms with van der Waals surface area (Å²) >= 11 is 5.55. The van der Waals surface area contributed by atoms with Gasteiger partial charge in [-0.1, -0.05) is 0 Å². The van der Waals surface area contributed by atoms with Gasteiger partial charge in [-0.25, -0.2) is 13.8 Å². The van der Waals surface area contributed by atoms with Crippen LogP contribution in [-0.4, -0.2) is 12.1 Å². The molecule has 14 heavy (non-hydrogen) atoms. The van der Waals surface area contributed by atoms with Gasteiger partial charge in [0.05, 0.1) is 13.0 Å². The average Bonchev–Trinajstić information content (AvgIpc) is 2.16. The lowest BCUT2D eigenvalue weighted by Gasteiger charge is -2.10. The van der Waals surface area contributed by atoms with E-state index < -0.39 is 6.43 Å². The first-order valence-corrected chi connectivity index (χ1v) is 4.31. The van der Waals surface area contributed by atoms with Gasteiger partial charge in [0.25, 0.3) is 6.43 Å². The molecule has 0 spiro atoms. The van der Waals surface area contributed by atoms with Gasteiger partial charge in [0.15, 0.2) is 11.6 Å². The molecule has 1 heterocycles.